The summed E-state index contributed by atoms with van der Waals surface area (Å²) < 4.78 is 5.72. The van der Waals surface area contributed by atoms with Gasteiger partial charge in [-0.15, -0.1) is 5.10 Å². The molecule has 0 saturated carbocycles. The molecule has 2 aromatic heterocycles. The normalized spacial score (nSPS) is 12.9. The number of aliphatic hydroxyl groups excluding tert-OH is 1. The Morgan fingerprint density at radius 3 is 3.13 bits per heavy atom. The molecule has 0 bridgehead atoms. The van der Waals surface area contributed by atoms with Crippen LogP contribution in [0.5, 0.6) is 0 Å². The van der Waals surface area contributed by atoms with Crippen LogP contribution < -0.4 is 0 Å². The lowest BCUT2D eigenvalue weighted by Crippen LogP contribution is -2.08. The van der Waals surface area contributed by atoms with Crippen LogP contribution in [0.3, 0.4) is 0 Å². The number of imidazole rings is 1. The van der Waals surface area contributed by atoms with Crippen molar-refractivity contribution in [3.05, 3.63) is 29.3 Å². The van der Waals surface area contributed by atoms with E-state index < -0.39 is 6.10 Å². The molecule has 0 aliphatic carbocycles. The Hall–Kier alpha value is -1.27. The van der Waals surface area contributed by atoms with Gasteiger partial charge in [-0.25, -0.2) is 4.98 Å². The van der Waals surface area contributed by atoms with Gasteiger partial charge in [0.15, 0.2) is 0 Å². The van der Waals surface area contributed by atoms with E-state index in [4.69, 9.17) is 0 Å². The van der Waals surface area contributed by atoms with Gasteiger partial charge >= 0.3 is 0 Å². The van der Waals surface area contributed by atoms with E-state index in [2.05, 4.69) is 14.6 Å². The summed E-state index contributed by atoms with van der Waals surface area (Å²) in [6.07, 6.45) is 3.51. The van der Waals surface area contributed by atoms with E-state index in [1.165, 1.54) is 11.5 Å². The standard InChI is InChI=1S/C9H12N4OS/c1-2-13-4-3-10-9(13)5-8(14)7-6-15-12-11-7/h3-4,6,8,14H,2,5H2,1H3. The summed E-state index contributed by atoms with van der Waals surface area (Å²) in [7, 11) is 0. The van der Waals surface area contributed by atoms with Crippen molar-refractivity contribution < 1.29 is 5.11 Å². The predicted molar refractivity (Wildman–Crippen MR) is 56.5 cm³/mol. The highest BCUT2D eigenvalue weighted by Crippen LogP contribution is 2.15. The topological polar surface area (TPSA) is 63.8 Å². The van der Waals surface area contributed by atoms with E-state index in [0.29, 0.717) is 12.1 Å². The number of rotatable bonds is 4. The largest absolute Gasteiger partial charge is 0.386 e. The van der Waals surface area contributed by atoms with Gasteiger partial charge in [0.05, 0.1) is 0 Å². The average molecular weight is 224 g/mol. The highest BCUT2D eigenvalue weighted by molar-refractivity contribution is 7.03. The maximum absolute atomic E-state index is 9.85. The van der Waals surface area contributed by atoms with Crippen LogP contribution in [-0.2, 0) is 13.0 Å². The molecule has 2 rings (SSSR count). The van der Waals surface area contributed by atoms with Gasteiger partial charge in [-0.05, 0) is 18.5 Å². The quantitative estimate of drug-likeness (QED) is 0.842. The zero-order valence-corrected chi connectivity index (χ0v) is 9.18. The number of aromatic nitrogens is 4. The Bertz CT molecular complexity index is 411. The fraction of sp³-hybridized carbons (Fsp3) is 0.444. The van der Waals surface area contributed by atoms with Crippen LogP contribution in [0.2, 0.25) is 0 Å². The van der Waals surface area contributed by atoms with Crippen molar-refractivity contribution >= 4 is 11.5 Å². The monoisotopic (exact) mass is 224 g/mol. The van der Waals surface area contributed by atoms with Crippen molar-refractivity contribution in [2.75, 3.05) is 0 Å². The number of aliphatic hydroxyl groups is 1. The number of nitrogens with zero attached hydrogens (tertiary/aromatic N) is 4. The third-order valence-corrected chi connectivity index (χ3v) is 2.76. The van der Waals surface area contributed by atoms with Crippen LogP contribution >= 0.6 is 11.5 Å². The predicted octanol–water partition coefficient (Wildman–Crippen LogP) is 1.03. The lowest BCUT2D eigenvalue weighted by Gasteiger charge is -2.08. The second-order valence-corrected chi connectivity index (χ2v) is 3.79. The molecule has 0 aliphatic heterocycles. The third kappa shape index (κ3) is 2.21. The molecule has 80 valence electrons. The molecule has 1 unspecified atom stereocenters. The highest BCUT2D eigenvalue weighted by Gasteiger charge is 2.14. The van der Waals surface area contributed by atoms with Gasteiger partial charge in [0, 0.05) is 30.7 Å². The summed E-state index contributed by atoms with van der Waals surface area (Å²) in [5.41, 5.74) is 0.616. The van der Waals surface area contributed by atoms with Crippen molar-refractivity contribution in [1.29, 1.82) is 0 Å². The molecule has 0 aliphatic rings. The smallest absolute Gasteiger partial charge is 0.111 e. The third-order valence-electron chi connectivity index (χ3n) is 2.24. The molecule has 2 heterocycles. The van der Waals surface area contributed by atoms with Crippen molar-refractivity contribution in [3.8, 4) is 0 Å². The molecule has 0 spiro atoms. The van der Waals surface area contributed by atoms with E-state index in [9.17, 15) is 5.11 Å². The minimum atomic E-state index is -0.614. The van der Waals surface area contributed by atoms with Crippen LogP contribution in [0.1, 0.15) is 24.5 Å². The fourth-order valence-electron chi connectivity index (χ4n) is 1.41. The molecule has 0 fully saturated rings. The fourth-order valence-corrected chi connectivity index (χ4v) is 1.91. The Labute approximate surface area is 91.6 Å². The summed E-state index contributed by atoms with van der Waals surface area (Å²) in [5.74, 6) is 0.873. The van der Waals surface area contributed by atoms with Crippen LogP contribution in [0, 0.1) is 0 Å². The highest BCUT2D eigenvalue weighted by atomic mass is 32.1. The van der Waals surface area contributed by atoms with E-state index in [1.807, 2.05) is 17.7 Å². The second-order valence-electron chi connectivity index (χ2n) is 3.18. The van der Waals surface area contributed by atoms with Crippen LogP contribution in [0.25, 0.3) is 0 Å². The van der Waals surface area contributed by atoms with E-state index in [1.54, 1.807) is 11.6 Å². The van der Waals surface area contributed by atoms with Gasteiger partial charge in [-0.3, -0.25) is 0 Å². The minimum Gasteiger partial charge on any atom is -0.386 e. The van der Waals surface area contributed by atoms with Gasteiger partial charge in [-0.2, -0.15) is 0 Å². The summed E-state index contributed by atoms with van der Waals surface area (Å²) in [6.45, 7) is 2.90. The molecule has 1 atom stereocenters. The Balaban J connectivity index is 2.09. The molecule has 1 N–H and O–H groups in total. The summed E-state index contributed by atoms with van der Waals surface area (Å²) in [4.78, 5) is 4.20. The lowest BCUT2D eigenvalue weighted by molar-refractivity contribution is 0.169. The average Bonchev–Trinajstić information content (AvgIpc) is 2.87. The minimum absolute atomic E-state index is 0.478. The van der Waals surface area contributed by atoms with Crippen LogP contribution in [0.15, 0.2) is 17.8 Å². The van der Waals surface area contributed by atoms with E-state index in [-0.39, 0.29) is 0 Å². The zero-order chi connectivity index (χ0) is 10.7. The first-order chi connectivity index (χ1) is 7.31. The molecular weight excluding hydrogens is 212 g/mol. The molecule has 2 aromatic rings. The van der Waals surface area contributed by atoms with Crippen molar-refractivity contribution in [2.45, 2.75) is 26.0 Å². The first-order valence-corrected chi connectivity index (χ1v) is 5.60. The van der Waals surface area contributed by atoms with Gasteiger partial charge < -0.3 is 9.67 Å². The van der Waals surface area contributed by atoms with Crippen LogP contribution in [0.4, 0.5) is 0 Å². The maximum Gasteiger partial charge on any atom is 0.111 e. The Morgan fingerprint density at radius 1 is 1.60 bits per heavy atom. The number of aryl methyl sites for hydroxylation is 1. The number of hydrogen-bond acceptors (Lipinski definition) is 5. The number of hydrogen-bond donors (Lipinski definition) is 1. The van der Waals surface area contributed by atoms with E-state index in [0.717, 1.165) is 12.4 Å². The molecule has 15 heavy (non-hydrogen) atoms. The van der Waals surface area contributed by atoms with Crippen molar-refractivity contribution in [1.82, 2.24) is 19.1 Å². The molecular formula is C9H12N4OS. The van der Waals surface area contributed by atoms with E-state index >= 15 is 0 Å². The lowest BCUT2D eigenvalue weighted by atomic mass is 10.2. The van der Waals surface area contributed by atoms with Crippen molar-refractivity contribution in [3.63, 3.8) is 0 Å². The van der Waals surface area contributed by atoms with Gasteiger partial charge in [-0.1, -0.05) is 4.49 Å². The van der Waals surface area contributed by atoms with Crippen LogP contribution in [-0.4, -0.2) is 24.2 Å². The molecule has 0 radical (unpaired) electrons. The molecule has 0 saturated heterocycles. The van der Waals surface area contributed by atoms with Gasteiger partial charge in [0.1, 0.15) is 17.6 Å². The summed E-state index contributed by atoms with van der Waals surface area (Å²) >= 11 is 1.24. The summed E-state index contributed by atoms with van der Waals surface area (Å²) in [5, 5.41) is 15.4. The van der Waals surface area contributed by atoms with Gasteiger partial charge in [0.25, 0.3) is 0 Å². The zero-order valence-electron chi connectivity index (χ0n) is 8.37. The maximum atomic E-state index is 9.85. The van der Waals surface area contributed by atoms with Crippen molar-refractivity contribution in [2.24, 2.45) is 0 Å². The molecule has 5 nitrogen and oxygen atoms in total. The SMILES string of the molecule is CCn1ccnc1CC(O)c1csnn1. The molecule has 6 heteroatoms. The summed E-state index contributed by atoms with van der Waals surface area (Å²) in [6, 6.07) is 0. The Morgan fingerprint density at radius 2 is 2.47 bits per heavy atom. The first-order valence-electron chi connectivity index (χ1n) is 4.76. The second kappa shape index (κ2) is 4.50. The Kier molecular flexibility index (Phi) is 3.08. The van der Waals surface area contributed by atoms with Gasteiger partial charge in [0.2, 0.25) is 0 Å². The first kappa shape index (κ1) is 10.3. The molecule has 0 aromatic carbocycles. The molecule has 0 amide bonds.